The first-order valence-electron chi connectivity index (χ1n) is 6.02. The highest BCUT2D eigenvalue weighted by atomic mass is 32.2. The monoisotopic (exact) mass is 287 g/mol. The summed E-state index contributed by atoms with van der Waals surface area (Å²) in [6, 6.07) is 10.6. The molecule has 0 spiro atoms. The van der Waals surface area contributed by atoms with Crippen LogP contribution in [0.15, 0.2) is 40.3 Å². The molecule has 0 bridgehead atoms. The molecule has 102 valence electrons. The summed E-state index contributed by atoms with van der Waals surface area (Å²) in [6.45, 7) is 2.21. The average molecular weight is 287 g/mol. The lowest BCUT2D eigenvalue weighted by molar-refractivity contribution is 0.343. The number of ether oxygens (including phenoxy) is 1. The SMILES string of the molecule is Cc1cc(=O)[nH]c(SCCOc2ccccc2C#N)n1. The molecule has 0 aliphatic heterocycles. The van der Waals surface area contributed by atoms with E-state index in [1.807, 2.05) is 6.07 Å². The molecule has 0 radical (unpaired) electrons. The molecule has 0 unspecified atom stereocenters. The first-order valence-corrected chi connectivity index (χ1v) is 7.00. The number of nitriles is 1. The predicted octanol–water partition coefficient (Wildman–Crippen LogP) is 2.12. The van der Waals surface area contributed by atoms with E-state index in [0.717, 1.165) is 0 Å². The highest BCUT2D eigenvalue weighted by Gasteiger charge is 2.03. The van der Waals surface area contributed by atoms with Crippen LogP contribution in [-0.4, -0.2) is 22.3 Å². The van der Waals surface area contributed by atoms with Crippen molar-refractivity contribution in [2.75, 3.05) is 12.4 Å². The van der Waals surface area contributed by atoms with E-state index in [9.17, 15) is 4.79 Å². The van der Waals surface area contributed by atoms with Crippen LogP contribution in [0.1, 0.15) is 11.3 Å². The van der Waals surface area contributed by atoms with Crippen LogP contribution in [0.25, 0.3) is 0 Å². The second-order valence-corrected chi connectivity index (χ2v) is 5.08. The fourth-order valence-electron chi connectivity index (χ4n) is 1.59. The maximum absolute atomic E-state index is 11.3. The van der Waals surface area contributed by atoms with Crippen LogP contribution >= 0.6 is 11.8 Å². The fraction of sp³-hybridized carbons (Fsp3) is 0.214. The van der Waals surface area contributed by atoms with Gasteiger partial charge in [0.05, 0.1) is 12.2 Å². The number of aromatic nitrogens is 2. The number of nitrogens with one attached hydrogen (secondary N) is 1. The minimum absolute atomic E-state index is 0.157. The van der Waals surface area contributed by atoms with Gasteiger partial charge in [0.15, 0.2) is 5.16 Å². The lowest BCUT2D eigenvalue weighted by Crippen LogP contribution is -2.09. The summed E-state index contributed by atoms with van der Waals surface area (Å²) < 4.78 is 5.55. The summed E-state index contributed by atoms with van der Waals surface area (Å²) in [5.74, 6) is 1.20. The van der Waals surface area contributed by atoms with Crippen LogP contribution in [-0.2, 0) is 0 Å². The van der Waals surface area contributed by atoms with Crippen molar-refractivity contribution in [3.8, 4) is 11.8 Å². The van der Waals surface area contributed by atoms with Gasteiger partial charge in [0.25, 0.3) is 5.56 Å². The molecule has 2 rings (SSSR count). The molecule has 1 heterocycles. The van der Waals surface area contributed by atoms with Gasteiger partial charge in [-0.15, -0.1) is 0 Å². The minimum Gasteiger partial charge on any atom is -0.491 e. The number of aromatic amines is 1. The summed E-state index contributed by atoms with van der Waals surface area (Å²) in [6.07, 6.45) is 0. The van der Waals surface area contributed by atoms with Gasteiger partial charge in [-0.1, -0.05) is 23.9 Å². The maximum atomic E-state index is 11.3. The Kier molecular flexibility index (Phi) is 4.80. The second kappa shape index (κ2) is 6.78. The number of nitrogens with zero attached hydrogens (tertiary/aromatic N) is 2. The van der Waals surface area contributed by atoms with Crippen molar-refractivity contribution in [1.29, 1.82) is 5.26 Å². The summed E-state index contributed by atoms with van der Waals surface area (Å²) in [5, 5.41) is 9.51. The van der Waals surface area contributed by atoms with E-state index in [2.05, 4.69) is 16.0 Å². The van der Waals surface area contributed by atoms with E-state index >= 15 is 0 Å². The van der Waals surface area contributed by atoms with Crippen molar-refractivity contribution in [3.05, 3.63) is 51.9 Å². The summed E-state index contributed by atoms with van der Waals surface area (Å²) in [4.78, 5) is 18.1. The third kappa shape index (κ3) is 3.87. The van der Waals surface area contributed by atoms with Gasteiger partial charge in [-0.3, -0.25) is 4.79 Å². The van der Waals surface area contributed by atoms with Crippen molar-refractivity contribution >= 4 is 11.8 Å². The molecule has 1 aromatic heterocycles. The standard InChI is InChI=1S/C14H13N3O2S/c1-10-8-13(18)17-14(16-10)20-7-6-19-12-5-3-2-4-11(12)9-15/h2-5,8H,6-7H2,1H3,(H,16,17,18). The van der Waals surface area contributed by atoms with Crippen molar-refractivity contribution in [2.24, 2.45) is 0 Å². The Labute approximate surface area is 120 Å². The molecule has 6 heteroatoms. The molecule has 0 saturated carbocycles. The predicted molar refractivity (Wildman–Crippen MR) is 77.0 cm³/mol. The van der Waals surface area contributed by atoms with Gasteiger partial charge in [0.2, 0.25) is 0 Å². The summed E-state index contributed by atoms with van der Waals surface area (Å²) >= 11 is 1.41. The van der Waals surface area contributed by atoms with Crippen LogP contribution in [0, 0.1) is 18.3 Å². The number of hydrogen-bond acceptors (Lipinski definition) is 5. The minimum atomic E-state index is -0.157. The van der Waals surface area contributed by atoms with E-state index in [4.69, 9.17) is 10.00 Å². The molecule has 0 aliphatic carbocycles. The summed E-state index contributed by atoms with van der Waals surface area (Å²) in [5.41, 5.74) is 1.04. The quantitative estimate of drug-likeness (QED) is 0.517. The van der Waals surface area contributed by atoms with Crippen LogP contribution in [0.2, 0.25) is 0 Å². The van der Waals surface area contributed by atoms with Crippen molar-refractivity contribution in [3.63, 3.8) is 0 Å². The molecule has 0 saturated heterocycles. The van der Waals surface area contributed by atoms with Gasteiger partial charge in [-0.05, 0) is 19.1 Å². The maximum Gasteiger partial charge on any atom is 0.251 e. The van der Waals surface area contributed by atoms with E-state index in [1.165, 1.54) is 17.8 Å². The van der Waals surface area contributed by atoms with Gasteiger partial charge < -0.3 is 9.72 Å². The Hall–Kier alpha value is -2.26. The molecule has 1 aromatic carbocycles. The zero-order valence-electron chi connectivity index (χ0n) is 10.9. The van der Waals surface area contributed by atoms with E-state index in [1.54, 1.807) is 25.1 Å². The van der Waals surface area contributed by atoms with Crippen LogP contribution in [0.5, 0.6) is 5.75 Å². The Morgan fingerprint density at radius 3 is 3.00 bits per heavy atom. The third-order valence-electron chi connectivity index (χ3n) is 2.44. The van der Waals surface area contributed by atoms with Crippen LogP contribution in [0.3, 0.4) is 0 Å². The highest BCUT2D eigenvalue weighted by Crippen LogP contribution is 2.17. The van der Waals surface area contributed by atoms with Gasteiger partial charge in [0, 0.05) is 17.5 Å². The van der Waals surface area contributed by atoms with E-state index in [0.29, 0.717) is 34.5 Å². The van der Waals surface area contributed by atoms with Gasteiger partial charge in [-0.25, -0.2) is 4.98 Å². The van der Waals surface area contributed by atoms with E-state index in [-0.39, 0.29) is 5.56 Å². The number of H-pyrrole nitrogens is 1. The molecule has 0 atom stereocenters. The Morgan fingerprint density at radius 2 is 2.25 bits per heavy atom. The molecular formula is C14H13N3O2S. The van der Waals surface area contributed by atoms with Crippen molar-refractivity contribution in [1.82, 2.24) is 9.97 Å². The Morgan fingerprint density at radius 1 is 1.45 bits per heavy atom. The van der Waals surface area contributed by atoms with Gasteiger partial charge >= 0.3 is 0 Å². The number of thioether (sulfide) groups is 1. The number of rotatable bonds is 5. The normalized spacial score (nSPS) is 10.0. The van der Waals surface area contributed by atoms with Crippen LogP contribution in [0.4, 0.5) is 0 Å². The fourth-order valence-corrected chi connectivity index (χ4v) is 2.34. The number of benzene rings is 1. The molecule has 1 N–H and O–H groups in total. The average Bonchev–Trinajstić information content (AvgIpc) is 2.43. The number of hydrogen-bond donors (Lipinski definition) is 1. The molecule has 2 aromatic rings. The first kappa shape index (κ1) is 14.2. The zero-order valence-corrected chi connectivity index (χ0v) is 11.7. The molecular weight excluding hydrogens is 274 g/mol. The van der Waals surface area contributed by atoms with Gasteiger partial charge in [0.1, 0.15) is 11.8 Å². The lowest BCUT2D eigenvalue weighted by atomic mass is 10.2. The largest absolute Gasteiger partial charge is 0.491 e. The smallest absolute Gasteiger partial charge is 0.251 e. The molecule has 5 nitrogen and oxygen atoms in total. The number of para-hydroxylation sites is 1. The van der Waals surface area contributed by atoms with E-state index < -0.39 is 0 Å². The Bertz CT molecular complexity index is 691. The lowest BCUT2D eigenvalue weighted by Gasteiger charge is -2.07. The Balaban J connectivity index is 1.88. The third-order valence-corrected chi connectivity index (χ3v) is 3.27. The van der Waals surface area contributed by atoms with Crippen molar-refractivity contribution in [2.45, 2.75) is 12.1 Å². The number of aryl methyl sites for hydroxylation is 1. The second-order valence-electron chi connectivity index (χ2n) is 4.00. The topological polar surface area (TPSA) is 78.8 Å². The highest BCUT2D eigenvalue weighted by molar-refractivity contribution is 7.99. The molecule has 0 fully saturated rings. The van der Waals surface area contributed by atoms with Gasteiger partial charge in [-0.2, -0.15) is 5.26 Å². The molecule has 20 heavy (non-hydrogen) atoms. The summed E-state index contributed by atoms with van der Waals surface area (Å²) in [7, 11) is 0. The first-order chi connectivity index (χ1) is 9.69. The van der Waals surface area contributed by atoms with Crippen LogP contribution < -0.4 is 10.3 Å². The molecule has 0 aliphatic rings. The van der Waals surface area contributed by atoms with Crippen molar-refractivity contribution < 1.29 is 4.74 Å². The molecule has 0 amide bonds. The zero-order chi connectivity index (χ0) is 14.4.